The minimum Gasteiger partial charge on any atom is -0.503 e. The van der Waals surface area contributed by atoms with Crippen LogP contribution in [0.5, 0.6) is 11.5 Å². The molecule has 3 aromatic rings. The topological polar surface area (TPSA) is 108 Å². The first-order valence-electron chi connectivity index (χ1n) is 10.7. The minimum atomic E-state index is -1.49. The van der Waals surface area contributed by atoms with Crippen molar-refractivity contribution >= 4 is 29.3 Å². The number of pyridine rings is 1. The van der Waals surface area contributed by atoms with Gasteiger partial charge < -0.3 is 29.4 Å². The number of H-pyrrole nitrogens is 1. The van der Waals surface area contributed by atoms with E-state index in [1.807, 2.05) is 12.1 Å². The number of carbonyl (C=O) groups is 1. The molecule has 170 valence electrons. The molecule has 9 heteroatoms. The van der Waals surface area contributed by atoms with Crippen LogP contribution >= 0.6 is 12.4 Å². The lowest BCUT2D eigenvalue weighted by Crippen LogP contribution is -2.21. The zero-order valence-electron chi connectivity index (χ0n) is 17.6. The molecule has 0 unspecified atom stereocenters. The third kappa shape index (κ3) is 3.84. The molecule has 2 aromatic heterocycles. The first-order valence-corrected chi connectivity index (χ1v) is 10.7. The number of benzene rings is 1. The van der Waals surface area contributed by atoms with Gasteiger partial charge in [0.15, 0.2) is 17.1 Å². The molecular weight excluding hydrogens is 434 g/mol. The molecule has 0 bridgehead atoms. The molecule has 0 spiro atoms. The highest BCUT2D eigenvalue weighted by atomic mass is 35.5. The van der Waals surface area contributed by atoms with Gasteiger partial charge in [-0.3, -0.25) is 4.79 Å². The summed E-state index contributed by atoms with van der Waals surface area (Å²) in [6.07, 6.45) is 6.36. The molecule has 1 saturated heterocycles. The molecule has 0 amide bonds. The number of aromatic nitrogens is 2. The first kappa shape index (κ1) is 22.2. The Morgan fingerprint density at radius 3 is 2.72 bits per heavy atom. The molecule has 2 aliphatic rings. The van der Waals surface area contributed by atoms with E-state index >= 15 is 0 Å². The van der Waals surface area contributed by atoms with Crippen LogP contribution in [0.3, 0.4) is 0 Å². The van der Waals surface area contributed by atoms with Crippen molar-refractivity contribution in [3.8, 4) is 22.8 Å². The summed E-state index contributed by atoms with van der Waals surface area (Å²) in [7, 11) is 0. The van der Waals surface area contributed by atoms with Crippen molar-refractivity contribution < 1.29 is 19.7 Å². The number of nitrogens with zero attached hydrogens (tertiary/aromatic N) is 2. The molecule has 0 radical (unpaired) electrons. The van der Waals surface area contributed by atoms with Crippen LogP contribution in [0.25, 0.3) is 22.2 Å². The standard InChI is InChI=1S/C23H25N3O5.ClH/c27-20-18(23(29)30)22(28)24-19-16-12-15-4-10-26(9-3-8-25-6-1-2-7-25)17(15)13-14(16)5-11-31-21(19)20;/h4,10,12-13H,1-3,5-9,11H2,(H,29,30)(H2,24,27,28);1H. The van der Waals surface area contributed by atoms with E-state index < -0.39 is 22.8 Å². The van der Waals surface area contributed by atoms with E-state index in [9.17, 15) is 19.8 Å². The Hall–Kier alpha value is -2.97. The van der Waals surface area contributed by atoms with Crippen LogP contribution < -0.4 is 10.3 Å². The maximum atomic E-state index is 12.3. The molecule has 2 aliphatic heterocycles. The van der Waals surface area contributed by atoms with Crippen molar-refractivity contribution in [2.24, 2.45) is 0 Å². The fraction of sp³-hybridized carbons (Fsp3) is 0.391. The van der Waals surface area contributed by atoms with Crippen LogP contribution in [-0.4, -0.2) is 56.9 Å². The molecule has 8 nitrogen and oxygen atoms in total. The quantitative estimate of drug-likeness (QED) is 0.540. The highest BCUT2D eigenvalue weighted by Gasteiger charge is 2.27. The fourth-order valence-corrected chi connectivity index (χ4v) is 4.75. The highest BCUT2D eigenvalue weighted by molar-refractivity contribution is 5.94. The third-order valence-corrected chi connectivity index (χ3v) is 6.31. The number of aromatic hydroxyl groups is 1. The van der Waals surface area contributed by atoms with Crippen molar-refractivity contribution in [2.45, 2.75) is 32.2 Å². The van der Waals surface area contributed by atoms with Gasteiger partial charge in [0.05, 0.1) is 12.3 Å². The van der Waals surface area contributed by atoms with E-state index in [1.165, 1.54) is 25.9 Å². The molecular formula is C23H26ClN3O5. The van der Waals surface area contributed by atoms with E-state index in [1.54, 1.807) is 0 Å². The van der Waals surface area contributed by atoms with Gasteiger partial charge in [0.2, 0.25) is 0 Å². The summed E-state index contributed by atoms with van der Waals surface area (Å²) < 4.78 is 7.92. The zero-order chi connectivity index (χ0) is 21.5. The average molecular weight is 460 g/mol. The van der Waals surface area contributed by atoms with E-state index in [2.05, 4.69) is 26.7 Å². The Kier molecular flexibility index (Phi) is 6.17. The maximum absolute atomic E-state index is 12.3. The Balaban J connectivity index is 0.00000245. The molecule has 32 heavy (non-hydrogen) atoms. The Bertz CT molecular complexity index is 1230. The van der Waals surface area contributed by atoms with Crippen molar-refractivity contribution in [3.63, 3.8) is 0 Å². The minimum absolute atomic E-state index is 0. The second-order valence-corrected chi connectivity index (χ2v) is 8.27. The lowest BCUT2D eigenvalue weighted by atomic mass is 9.99. The van der Waals surface area contributed by atoms with Gasteiger partial charge in [-0.15, -0.1) is 12.4 Å². The van der Waals surface area contributed by atoms with Crippen LogP contribution in [0.4, 0.5) is 0 Å². The molecule has 0 saturated carbocycles. The summed E-state index contributed by atoms with van der Waals surface area (Å²) in [4.78, 5) is 28.8. The number of ether oxygens (including phenoxy) is 1. The van der Waals surface area contributed by atoms with Crippen LogP contribution in [-0.2, 0) is 13.0 Å². The lowest BCUT2D eigenvalue weighted by Gasteiger charge is -2.15. The summed E-state index contributed by atoms with van der Waals surface area (Å²) in [5.41, 5.74) is 1.64. The largest absolute Gasteiger partial charge is 0.503 e. The predicted molar refractivity (Wildman–Crippen MR) is 123 cm³/mol. The van der Waals surface area contributed by atoms with Crippen LogP contribution in [0.15, 0.2) is 29.2 Å². The average Bonchev–Trinajstić information content (AvgIpc) is 3.34. The number of carboxylic acids is 1. The van der Waals surface area contributed by atoms with Crippen molar-refractivity contribution in [3.05, 3.63) is 45.9 Å². The number of fused-ring (bicyclic) bond motifs is 4. The maximum Gasteiger partial charge on any atom is 0.345 e. The van der Waals surface area contributed by atoms with Gasteiger partial charge >= 0.3 is 5.97 Å². The van der Waals surface area contributed by atoms with Crippen LogP contribution in [0.1, 0.15) is 35.2 Å². The fourth-order valence-electron chi connectivity index (χ4n) is 4.75. The second-order valence-electron chi connectivity index (χ2n) is 8.27. The Morgan fingerprint density at radius 1 is 1.19 bits per heavy atom. The number of aromatic amines is 1. The Labute approximate surface area is 190 Å². The van der Waals surface area contributed by atoms with Gasteiger partial charge in [0.1, 0.15) is 0 Å². The van der Waals surface area contributed by atoms with E-state index in [4.69, 9.17) is 4.74 Å². The SMILES string of the molecule is Cl.O=C(O)c1c(O)c2c([nH]c1=O)-c1cc3ccn(CCCN4CCCC4)c3cc1CCO2. The summed E-state index contributed by atoms with van der Waals surface area (Å²) in [6, 6.07) is 6.13. The van der Waals surface area contributed by atoms with Crippen molar-refractivity contribution in [1.29, 1.82) is 0 Å². The number of likely N-dealkylation sites (tertiary alicyclic amines) is 1. The van der Waals surface area contributed by atoms with Crippen molar-refractivity contribution in [2.75, 3.05) is 26.2 Å². The molecule has 0 aliphatic carbocycles. The summed E-state index contributed by atoms with van der Waals surface area (Å²) in [5, 5.41) is 20.7. The normalized spacial score (nSPS) is 15.5. The third-order valence-electron chi connectivity index (χ3n) is 6.31. The number of hydrogen-bond donors (Lipinski definition) is 3. The smallest absolute Gasteiger partial charge is 0.345 e. The highest BCUT2D eigenvalue weighted by Crippen LogP contribution is 2.41. The summed E-state index contributed by atoms with van der Waals surface area (Å²) in [6.45, 7) is 4.73. The molecule has 1 aromatic carbocycles. The first-order chi connectivity index (χ1) is 15.0. The summed E-state index contributed by atoms with van der Waals surface area (Å²) >= 11 is 0. The van der Waals surface area contributed by atoms with Gasteiger partial charge in [-0.1, -0.05) is 0 Å². The predicted octanol–water partition coefficient (Wildman–Crippen LogP) is 3.24. The van der Waals surface area contributed by atoms with Gasteiger partial charge in [0.25, 0.3) is 5.56 Å². The Morgan fingerprint density at radius 2 is 1.97 bits per heavy atom. The lowest BCUT2D eigenvalue weighted by molar-refractivity contribution is 0.0690. The number of aryl methyl sites for hydroxylation is 1. The van der Waals surface area contributed by atoms with E-state index in [-0.39, 0.29) is 24.8 Å². The molecule has 4 heterocycles. The molecule has 0 atom stereocenters. The van der Waals surface area contributed by atoms with Crippen LogP contribution in [0, 0.1) is 0 Å². The zero-order valence-corrected chi connectivity index (χ0v) is 18.4. The van der Waals surface area contributed by atoms with Crippen molar-refractivity contribution in [1.82, 2.24) is 14.5 Å². The van der Waals surface area contributed by atoms with Crippen LogP contribution in [0.2, 0.25) is 0 Å². The van der Waals surface area contributed by atoms with Gasteiger partial charge in [-0.05, 0) is 62.7 Å². The van der Waals surface area contributed by atoms with Gasteiger partial charge in [-0.25, -0.2) is 4.79 Å². The number of hydrogen-bond acceptors (Lipinski definition) is 5. The number of rotatable bonds is 5. The van der Waals surface area contributed by atoms with Gasteiger partial charge in [0, 0.05) is 35.6 Å². The number of aromatic carboxylic acids is 1. The monoisotopic (exact) mass is 459 g/mol. The van der Waals surface area contributed by atoms with E-state index in [0.29, 0.717) is 12.1 Å². The molecule has 3 N–H and O–H groups in total. The van der Waals surface area contributed by atoms with Gasteiger partial charge in [-0.2, -0.15) is 0 Å². The number of halogens is 1. The van der Waals surface area contributed by atoms with E-state index in [0.717, 1.165) is 41.5 Å². The molecule has 1 fully saturated rings. The number of carboxylic acid groups (broad SMARTS) is 1. The molecule has 5 rings (SSSR count). The number of nitrogens with one attached hydrogen (secondary N) is 1. The second kappa shape index (κ2) is 8.88. The summed E-state index contributed by atoms with van der Waals surface area (Å²) in [5.74, 6) is -2.10.